The molecule has 11 heteroatoms. The highest BCUT2D eigenvalue weighted by molar-refractivity contribution is 6.15. The fraction of sp³-hybridized carbons (Fsp3) is 0.333. The van der Waals surface area contributed by atoms with E-state index in [4.69, 9.17) is 5.26 Å². The van der Waals surface area contributed by atoms with Gasteiger partial charge >= 0.3 is 6.18 Å². The minimum absolute atomic E-state index is 0.0116. The van der Waals surface area contributed by atoms with Crippen LogP contribution in [0, 0.1) is 11.3 Å². The van der Waals surface area contributed by atoms with Gasteiger partial charge in [0.1, 0.15) is 11.2 Å². The number of benzene rings is 2. The maximum Gasteiger partial charge on any atom is 0.406 e. The largest absolute Gasteiger partial charge is 0.406 e. The van der Waals surface area contributed by atoms with E-state index < -0.39 is 23.5 Å². The van der Waals surface area contributed by atoms with Crippen LogP contribution in [-0.4, -0.2) is 39.4 Å². The number of carbonyl (C=O) groups is 2. The lowest BCUT2D eigenvalue weighted by Gasteiger charge is -2.34. The number of amides is 2. The zero-order valence-corrected chi connectivity index (χ0v) is 21.1. The van der Waals surface area contributed by atoms with Crippen molar-refractivity contribution >= 4 is 23.2 Å². The van der Waals surface area contributed by atoms with E-state index in [0.717, 1.165) is 6.92 Å². The Bertz CT molecular complexity index is 1390. The van der Waals surface area contributed by atoms with Crippen LogP contribution in [0.15, 0.2) is 54.7 Å². The molecule has 0 radical (unpaired) electrons. The van der Waals surface area contributed by atoms with Gasteiger partial charge in [0, 0.05) is 17.9 Å². The van der Waals surface area contributed by atoms with Gasteiger partial charge in [-0.1, -0.05) is 25.1 Å². The lowest BCUT2D eigenvalue weighted by molar-refractivity contribution is -0.192. The molecule has 8 nitrogen and oxygen atoms in total. The Morgan fingerprint density at radius 1 is 1.21 bits per heavy atom. The Balaban J connectivity index is 1.53. The molecule has 3 aromatic rings. The zero-order chi connectivity index (χ0) is 27.7. The van der Waals surface area contributed by atoms with Crippen LogP contribution in [0.4, 0.5) is 24.5 Å². The first-order chi connectivity index (χ1) is 18.0. The highest BCUT2D eigenvalue weighted by Crippen LogP contribution is 2.33. The van der Waals surface area contributed by atoms with Gasteiger partial charge in [-0.2, -0.15) is 23.5 Å². The van der Waals surface area contributed by atoms with Crippen molar-refractivity contribution in [2.24, 2.45) is 0 Å². The minimum Gasteiger partial charge on any atom is -0.322 e. The van der Waals surface area contributed by atoms with Crippen LogP contribution in [0.5, 0.6) is 0 Å². The Labute approximate surface area is 218 Å². The number of nitrogens with one attached hydrogen (secondary N) is 2. The van der Waals surface area contributed by atoms with Gasteiger partial charge in [-0.3, -0.25) is 19.6 Å². The number of hydrogen-bond donors (Lipinski definition) is 2. The molecule has 2 atom stereocenters. The second-order valence-electron chi connectivity index (χ2n) is 9.46. The normalized spacial score (nSPS) is 16.9. The van der Waals surface area contributed by atoms with E-state index in [0.29, 0.717) is 29.0 Å². The van der Waals surface area contributed by atoms with Crippen LogP contribution >= 0.6 is 0 Å². The smallest absolute Gasteiger partial charge is 0.322 e. The van der Waals surface area contributed by atoms with Crippen LogP contribution < -0.4 is 15.5 Å². The van der Waals surface area contributed by atoms with Crippen LogP contribution in [0.1, 0.15) is 59.2 Å². The average molecular weight is 525 g/mol. The van der Waals surface area contributed by atoms with Crippen LogP contribution in [0.3, 0.4) is 0 Å². The van der Waals surface area contributed by atoms with Crippen molar-refractivity contribution in [2.45, 2.75) is 58.0 Å². The molecule has 2 N–H and O–H groups in total. The van der Waals surface area contributed by atoms with Gasteiger partial charge in [-0.15, -0.1) is 0 Å². The number of nitrogens with zero attached hydrogens (tertiary/aromatic N) is 4. The lowest BCUT2D eigenvalue weighted by Crippen LogP contribution is -2.53. The maximum atomic E-state index is 13.6. The molecule has 1 aliphatic rings. The molecule has 2 amide bonds. The number of anilines is 2. The molecule has 198 valence electrons. The number of carbonyl (C=O) groups excluding carboxylic acids is 2. The fourth-order valence-corrected chi connectivity index (χ4v) is 4.30. The van der Waals surface area contributed by atoms with Gasteiger partial charge in [0.15, 0.2) is 0 Å². The third-order valence-electron chi connectivity index (χ3n) is 6.86. The molecule has 2 heterocycles. The predicted molar refractivity (Wildman–Crippen MR) is 136 cm³/mol. The SMILES string of the molecule is CCC(C)(NCc1ccc(N2C(=O)c3c(C(=O)Nc4cccc(C#N)c4)cnn3C[C@@H]2C)cc1)C(F)(F)F. The monoisotopic (exact) mass is 524 g/mol. The molecule has 0 aliphatic carbocycles. The molecule has 0 bridgehead atoms. The summed E-state index contributed by atoms with van der Waals surface area (Å²) in [5.74, 6) is -0.951. The maximum absolute atomic E-state index is 13.6. The van der Waals surface area contributed by atoms with E-state index in [1.807, 2.05) is 13.0 Å². The molecule has 4 rings (SSSR count). The summed E-state index contributed by atoms with van der Waals surface area (Å²) in [5, 5.41) is 18.6. The van der Waals surface area contributed by atoms with Crippen molar-refractivity contribution in [2.75, 3.05) is 10.2 Å². The molecule has 0 saturated carbocycles. The summed E-state index contributed by atoms with van der Waals surface area (Å²) >= 11 is 0. The van der Waals surface area contributed by atoms with Crippen molar-refractivity contribution in [3.05, 3.63) is 77.1 Å². The third-order valence-corrected chi connectivity index (χ3v) is 6.86. The first-order valence-electron chi connectivity index (χ1n) is 12.1. The zero-order valence-electron chi connectivity index (χ0n) is 21.1. The number of alkyl halides is 3. The number of fused-ring (bicyclic) bond motifs is 1. The highest BCUT2D eigenvalue weighted by Gasteiger charge is 2.49. The van der Waals surface area contributed by atoms with E-state index in [1.54, 1.807) is 47.4 Å². The Morgan fingerprint density at radius 2 is 1.92 bits per heavy atom. The van der Waals surface area contributed by atoms with Crippen molar-refractivity contribution in [1.82, 2.24) is 15.1 Å². The minimum atomic E-state index is -4.39. The van der Waals surface area contributed by atoms with Gasteiger partial charge in [0.25, 0.3) is 11.8 Å². The summed E-state index contributed by atoms with van der Waals surface area (Å²) in [6.07, 6.45) is -3.16. The molecule has 2 aromatic carbocycles. The second-order valence-corrected chi connectivity index (χ2v) is 9.46. The summed E-state index contributed by atoms with van der Waals surface area (Å²) in [4.78, 5) is 28.1. The second kappa shape index (κ2) is 10.3. The predicted octanol–water partition coefficient (Wildman–Crippen LogP) is 4.88. The molecule has 38 heavy (non-hydrogen) atoms. The third kappa shape index (κ3) is 5.13. The number of nitriles is 1. The first-order valence-corrected chi connectivity index (χ1v) is 12.1. The van der Waals surface area contributed by atoms with Gasteiger partial charge in [-0.05, 0) is 56.2 Å². The average Bonchev–Trinajstić information content (AvgIpc) is 3.31. The molecular weight excluding hydrogens is 497 g/mol. The molecular formula is C27H27F3N6O2. The summed E-state index contributed by atoms with van der Waals surface area (Å²) in [7, 11) is 0. The molecule has 0 fully saturated rings. The Morgan fingerprint density at radius 3 is 2.55 bits per heavy atom. The van der Waals surface area contributed by atoms with Crippen molar-refractivity contribution in [1.29, 1.82) is 5.26 Å². The summed E-state index contributed by atoms with van der Waals surface area (Å²) in [6, 6.07) is 14.9. The summed E-state index contributed by atoms with van der Waals surface area (Å²) in [6.45, 7) is 4.82. The molecule has 0 spiro atoms. The molecule has 1 aromatic heterocycles. The van der Waals surface area contributed by atoms with Crippen LogP contribution in [-0.2, 0) is 13.1 Å². The van der Waals surface area contributed by atoms with E-state index >= 15 is 0 Å². The number of aromatic nitrogens is 2. The molecule has 1 aliphatic heterocycles. The fourth-order valence-electron chi connectivity index (χ4n) is 4.30. The quantitative estimate of drug-likeness (QED) is 0.459. The van der Waals surface area contributed by atoms with E-state index in [1.165, 1.54) is 23.9 Å². The lowest BCUT2D eigenvalue weighted by atomic mass is 9.97. The topological polar surface area (TPSA) is 103 Å². The standard InChI is InChI=1S/C27H27F3N6O2/c1-4-26(3,27(28,29)30)32-14-18-8-10-21(11-9-18)36-17(2)16-35-23(25(36)38)22(15-33-35)24(37)34-20-7-5-6-19(12-20)13-31/h5-12,15,17,32H,4,14,16H2,1-3H3,(H,34,37)/t17-,26?/m0/s1. The van der Waals surface area contributed by atoms with Crippen molar-refractivity contribution < 1.29 is 22.8 Å². The van der Waals surface area contributed by atoms with Gasteiger partial charge in [0.05, 0.1) is 36.0 Å². The Kier molecular flexibility index (Phi) is 7.29. The number of hydrogen-bond acceptors (Lipinski definition) is 5. The molecule has 0 saturated heterocycles. The van der Waals surface area contributed by atoms with Crippen molar-refractivity contribution in [3.63, 3.8) is 0 Å². The summed E-state index contributed by atoms with van der Waals surface area (Å²) < 4.78 is 41.6. The number of halogens is 3. The van der Waals surface area contributed by atoms with E-state index in [2.05, 4.69) is 15.7 Å². The van der Waals surface area contributed by atoms with Crippen LogP contribution in [0.2, 0.25) is 0 Å². The van der Waals surface area contributed by atoms with Gasteiger partial charge < -0.3 is 10.2 Å². The highest BCUT2D eigenvalue weighted by atomic mass is 19.4. The van der Waals surface area contributed by atoms with Gasteiger partial charge in [-0.25, -0.2) is 0 Å². The van der Waals surface area contributed by atoms with Crippen LogP contribution in [0.25, 0.3) is 0 Å². The van der Waals surface area contributed by atoms with Crippen molar-refractivity contribution in [3.8, 4) is 6.07 Å². The van der Waals surface area contributed by atoms with E-state index in [-0.39, 0.29) is 30.3 Å². The Hall–Kier alpha value is -4.17. The van der Waals surface area contributed by atoms with E-state index in [9.17, 15) is 22.8 Å². The number of rotatable bonds is 7. The van der Waals surface area contributed by atoms with Gasteiger partial charge in [0.2, 0.25) is 0 Å². The summed E-state index contributed by atoms with van der Waals surface area (Å²) in [5.41, 5.74) is 0.214. The molecule has 1 unspecified atom stereocenters. The first kappa shape index (κ1) is 26.9.